The molecule has 0 saturated heterocycles. The van der Waals surface area contributed by atoms with Crippen LogP contribution in [0, 0.1) is 11.3 Å². The topological polar surface area (TPSA) is 26.3 Å². The first kappa shape index (κ1) is 17.9. The molecule has 0 N–H and O–H groups in total. The second-order valence-electron chi connectivity index (χ2n) is 6.05. The lowest BCUT2D eigenvalue weighted by molar-refractivity contribution is -0.175. The first-order valence-corrected chi connectivity index (χ1v) is 8.31. The van der Waals surface area contributed by atoms with Gasteiger partial charge in [-0.2, -0.15) is 0 Å². The van der Waals surface area contributed by atoms with Gasteiger partial charge in [-0.05, 0) is 51.9 Å². The van der Waals surface area contributed by atoms with Crippen LogP contribution in [0.5, 0.6) is 0 Å². The number of carbonyl (C=O) groups excluding carboxylic acids is 1. The fraction of sp³-hybridized carbons (Fsp3) is 0.933. The standard InChI is InChI=1S/C14H26O2.CH5P/c1-6-13(4,5)12(15)16-14(11(2)3)9-7-8-10-14;1-2/h11H,6-10H2,1-5H3;2H2,1H3. The molecule has 1 aliphatic rings. The van der Waals surface area contributed by atoms with Gasteiger partial charge in [0.1, 0.15) is 5.60 Å². The van der Waals surface area contributed by atoms with Gasteiger partial charge in [-0.3, -0.25) is 4.79 Å². The Morgan fingerprint density at radius 3 is 2.06 bits per heavy atom. The zero-order chi connectivity index (χ0) is 14.4. The van der Waals surface area contributed by atoms with Crippen molar-refractivity contribution >= 4 is 15.2 Å². The third-order valence-electron chi connectivity index (χ3n) is 4.23. The predicted molar refractivity (Wildman–Crippen MR) is 81.8 cm³/mol. The molecular weight excluding hydrogens is 243 g/mol. The number of hydrogen-bond acceptors (Lipinski definition) is 2. The fourth-order valence-corrected chi connectivity index (χ4v) is 2.24. The van der Waals surface area contributed by atoms with E-state index in [1.165, 1.54) is 12.8 Å². The summed E-state index contributed by atoms with van der Waals surface area (Å²) in [5, 5.41) is 0. The molecule has 1 saturated carbocycles. The molecule has 0 heterocycles. The van der Waals surface area contributed by atoms with Gasteiger partial charge in [0.05, 0.1) is 5.41 Å². The minimum Gasteiger partial charge on any atom is -0.458 e. The van der Waals surface area contributed by atoms with Crippen molar-refractivity contribution in [3.63, 3.8) is 0 Å². The van der Waals surface area contributed by atoms with Gasteiger partial charge in [-0.25, -0.2) is 0 Å². The summed E-state index contributed by atoms with van der Waals surface area (Å²) < 4.78 is 5.88. The largest absolute Gasteiger partial charge is 0.458 e. The van der Waals surface area contributed by atoms with E-state index < -0.39 is 0 Å². The summed E-state index contributed by atoms with van der Waals surface area (Å²) in [4.78, 5) is 12.1. The number of carbonyl (C=O) groups is 1. The van der Waals surface area contributed by atoms with E-state index >= 15 is 0 Å². The molecule has 0 aromatic rings. The molecule has 0 amide bonds. The van der Waals surface area contributed by atoms with Gasteiger partial charge in [0.2, 0.25) is 0 Å². The molecule has 3 heteroatoms. The molecule has 1 aliphatic carbocycles. The summed E-state index contributed by atoms with van der Waals surface area (Å²) in [6.07, 6.45) is 5.29. The Balaban J connectivity index is 0.00000137. The van der Waals surface area contributed by atoms with Crippen LogP contribution < -0.4 is 0 Å². The first-order valence-electron chi connectivity index (χ1n) is 7.15. The van der Waals surface area contributed by atoms with Crippen LogP contribution in [0.15, 0.2) is 0 Å². The van der Waals surface area contributed by atoms with Crippen LogP contribution in [0.25, 0.3) is 0 Å². The van der Waals surface area contributed by atoms with E-state index in [-0.39, 0.29) is 17.0 Å². The zero-order valence-electron chi connectivity index (χ0n) is 13.0. The molecule has 18 heavy (non-hydrogen) atoms. The van der Waals surface area contributed by atoms with Crippen LogP contribution in [0.1, 0.15) is 66.7 Å². The third-order valence-corrected chi connectivity index (χ3v) is 4.23. The molecule has 1 rings (SSSR count). The van der Waals surface area contributed by atoms with Crippen LogP contribution in [0.2, 0.25) is 0 Å². The second kappa shape index (κ2) is 7.48. The van der Waals surface area contributed by atoms with E-state index in [0.29, 0.717) is 5.92 Å². The van der Waals surface area contributed by atoms with E-state index in [1.54, 1.807) is 0 Å². The summed E-state index contributed by atoms with van der Waals surface area (Å²) in [7, 11) is 2.42. The van der Waals surface area contributed by atoms with E-state index in [1.807, 2.05) is 27.4 Å². The lowest BCUT2D eigenvalue weighted by Crippen LogP contribution is -2.41. The summed E-state index contributed by atoms with van der Waals surface area (Å²) in [5.41, 5.74) is -0.520. The summed E-state index contributed by atoms with van der Waals surface area (Å²) in [6, 6.07) is 0. The molecule has 1 unspecified atom stereocenters. The third kappa shape index (κ3) is 4.23. The number of ether oxygens (including phenoxy) is 1. The summed E-state index contributed by atoms with van der Waals surface area (Å²) in [6.45, 7) is 12.2. The van der Waals surface area contributed by atoms with Crippen molar-refractivity contribution in [1.29, 1.82) is 0 Å². The molecule has 0 bridgehead atoms. The van der Waals surface area contributed by atoms with E-state index in [4.69, 9.17) is 4.74 Å². The average molecular weight is 274 g/mol. The monoisotopic (exact) mass is 274 g/mol. The Bertz CT molecular complexity index is 253. The SMILES string of the molecule is CCC(C)(C)C(=O)OC1(C(C)C)CCCC1.CP. The fourth-order valence-electron chi connectivity index (χ4n) is 2.24. The molecule has 2 nitrogen and oxygen atoms in total. The highest BCUT2D eigenvalue weighted by molar-refractivity contribution is 7.15. The highest BCUT2D eigenvalue weighted by Crippen LogP contribution is 2.41. The molecular formula is C15H31O2P. The highest BCUT2D eigenvalue weighted by Gasteiger charge is 2.43. The Labute approximate surface area is 115 Å². The molecule has 0 radical (unpaired) electrons. The van der Waals surface area contributed by atoms with Crippen molar-refractivity contribution in [1.82, 2.24) is 0 Å². The first-order chi connectivity index (χ1) is 8.34. The molecule has 1 atom stereocenters. The van der Waals surface area contributed by atoms with E-state index in [0.717, 1.165) is 19.3 Å². The van der Waals surface area contributed by atoms with Crippen molar-refractivity contribution in [2.75, 3.05) is 6.66 Å². The highest BCUT2D eigenvalue weighted by atomic mass is 31.0. The smallest absolute Gasteiger partial charge is 0.312 e. The van der Waals surface area contributed by atoms with E-state index in [9.17, 15) is 4.79 Å². The maximum Gasteiger partial charge on any atom is 0.312 e. The number of esters is 1. The van der Waals surface area contributed by atoms with Gasteiger partial charge in [0.15, 0.2) is 0 Å². The lowest BCUT2D eigenvalue weighted by Gasteiger charge is -2.36. The number of hydrogen-bond donors (Lipinski definition) is 0. The van der Waals surface area contributed by atoms with Gasteiger partial charge in [0, 0.05) is 0 Å². The summed E-state index contributed by atoms with van der Waals surface area (Å²) >= 11 is 0. The molecule has 0 spiro atoms. The van der Waals surface area contributed by atoms with Gasteiger partial charge in [0.25, 0.3) is 0 Å². The van der Waals surface area contributed by atoms with Crippen molar-refractivity contribution in [3.05, 3.63) is 0 Å². The van der Waals surface area contributed by atoms with Crippen LogP contribution in [-0.2, 0) is 9.53 Å². The second-order valence-corrected chi connectivity index (χ2v) is 6.05. The molecule has 0 aromatic carbocycles. The predicted octanol–water partition coefficient (Wildman–Crippen LogP) is 4.43. The van der Waals surface area contributed by atoms with Crippen molar-refractivity contribution < 1.29 is 9.53 Å². The van der Waals surface area contributed by atoms with Gasteiger partial charge in [-0.1, -0.05) is 27.4 Å². The normalized spacial score (nSPS) is 18.2. The molecule has 1 fully saturated rings. The van der Waals surface area contributed by atoms with Crippen LogP contribution in [0.3, 0.4) is 0 Å². The quantitative estimate of drug-likeness (QED) is 0.560. The molecule has 0 aliphatic heterocycles. The van der Waals surface area contributed by atoms with Gasteiger partial charge < -0.3 is 4.74 Å². The molecule has 108 valence electrons. The van der Waals surface area contributed by atoms with Crippen LogP contribution in [-0.4, -0.2) is 18.2 Å². The maximum absolute atomic E-state index is 12.1. The molecule has 0 aromatic heterocycles. The van der Waals surface area contributed by atoms with E-state index in [2.05, 4.69) is 23.1 Å². The minimum atomic E-state index is -0.343. The lowest BCUT2D eigenvalue weighted by atomic mass is 9.86. The van der Waals surface area contributed by atoms with Crippen LogP contribution >= 0.6 is 9.24 Å². The average Bonchev–Trinajstić information content (AvgIpc) is 2.81. The minimum absolute atomic E-state index is 0.0226. The van der Waals surface area contributed by atoms with Crippen LogP contribution in [0.4, 0.5) is 0 Å². The zero-order valence-corrected chi connectivity index (χ0v) is 14.2. The van der Waals surface area contributed by atoms with Gasteiger partial charge in [-0.15, -0.1) is 9.24 Å². The summed E-state index contributed by atoms with van der Waals surface area (Å²) in [5.74, 6) is 0.400. The Kier molecular flexibility index (Phi) is 7.44. The number of rotatable bonds is 4. The Morgan fingerprint density at radius 1 is 1.28 bits per heavy atom. The van der Waals surface area contributed by atoms with Crippen molar-refractivity contribution in [2.45, 2.75) is 72.3 Å². The Hall–Kier alpha value is -0.100. The van der Waals surface area contributed by atoms with Crippen molar-refractivity contribution in [3.8, 4) is 0 Å². The Morgan fingerprint density at radius 2 is 1.72 bits per heavy atom. The van der Waals surface area contributed by atoms with Gasteiger partial charge >= 0.3 is 5.97 Å². The van der Waals surface area contributed by atoms with Crippen molar-refractivity contribution in [2.24, 2.45) is 11.3 Å². The maximum atomic E-state index is 12.1.